The zero-order chi connectivity index (χ0) is 15.3. The fourth-order valence-electron chi connectivity index (χ4n) is 1.58. The normalized spacial score (nSPS) is 11.3. The topological polar surface area (TPSA) is 102 Å². The summed E-state index contributed by atoms with van der Waals surface area (Å²) in [6.45, 7) is 1.55. The van der Waals surface area contributed by atoms with Gasteiger partial charge in [0.1, 0.15) is 0 Å². The average molecular weight is 282 g/mol. The largest absolute Gasteiger partial charge is 0.494 e. The van der Waals surface area contributed by atoms with Crippen LogP contribution >= 0.6 is 0 Å². The van der Waals surface area contributed by atoms with Crippen molar-refractivity contribution >= 4 is 11.7 Å². The number of nitro benzene ring substituents is 1. The number of carbonyl (C=O) groups is 1. The summed E-state index contributed by atoms with van der Waals surface area (Å²) < 4.78 is 22.8. The maximum atomic E-state index is 13.5. The van der Waals surface area contributed by atoms with Gasteiger partial charge in [0.05, 0.1) is 36.3 Å². The highest BCUT2D eigenvalue weighted by atomic mass is 19.1. The molecule has 0 spiro atoms. The van der Waals surface area contributed by atoms with Gasteiger partial charge in [-0.3, -0.25) is 14.9 Å². The van der Waals surface area contributed by atoms with Gasteiger partial charge in [0.2, 0.25) is 0 Å². The maximum Gasteiger partial charge on any atom is 0.328 e. The minimum absolute atomic E-state index is 0.0170. The predicted molar refractivity (Wildman–Crippen MR) is 64.6 cm³/mol. The van der Waals surface area contributed by atoms with Crippen molar-refractivity contribution in [1.29, 1.82) is 5.26 Å². The number of hydrogen-bond acceptors (Lipinski definition) is 6. The van der Waals surface area contributed by atoms with Crippen LogP contribution < -0.4 is 4.74 Å². The van der Waals surface area contributed by atoms with Gasteiger partial charge in [-0.2, -0.15) is 5.26 Å². The molecule has 1 unspecified atom stereocenters. The molecule has 20 heavy (non-hydrogen) atoms. The van der Waals surface area contributed by atoms with Crippen LogP contribution in [0.1, 0.15) is 18.4 Å². The van der Waals surface area contributed by atoms with Crippen LogP contribution in [0.15, 0.2) is 12.1 Å². The number of benzene rings is 1. The summed E-state index contributed by atoms with van der Waals surface area (Å²) in [5.74, 6) is -3.71. The lowest BCUT2D eigenvalue weighted by Crippen LogP contribution is -2.16. The molecular formula is C12H11FN2O5. The smallest absolute Gasteiger partial charge is 0.328 e. The fraction of sp³-hybridized carbons (Fsp3) is 0.333. The van der Waals surface area contributed by atoms with Crippen LogP contribution in [0.3, 0.4) is 0 Å². The minimum Gasteiger partial charge on any atom is -0.494 e. The van der Waals surface area contributed by atoms with Crippen molar-refractivity contribution in [2.24, 2.45) is 0 Å². The second-order valence-electron chi connectivity index (χ2n) is 3.62. The zero-order valence-electron chi connectivity index (χ0n) is 10.8. The predicted octanol–water partition coefficient (Wildman–Crippen LogP) is 1.91. The molecule has 0 aliphatic carbocycles. The maximum absolute atomic E-state index is 13.5. The molecule has 0 amide bonds. The van der Waals surface area contributed by atoms with Gasteiger partial charge in [-0.1, -0.05) is 0 Å². The molecule has 0 radical (unpaired) electrons. The first-order valence-corrected chi connectivity index (χ1v) is 5.54. The van der Waals surface area contributed by atoms with Gasteiger partial charge < -0.3 is 9.47 Å². The summed E-state index contributed by atoms with van der Waals surface area (Å²) in [7, 11) is 1.17. The zero-order valence-corrected chi connectivity index (χ0v) is 10.8. The Labute approximate surface area is 113 Å². The molecule has 0 aliphatic rings. The molecule has 0 N–H and O–H groups in total. The van der Waals surface area contributed by atoms with Crippen LogP contribution in [-0.2, 0) is 9.53 Å². The van der Waals surface area contributed by atoms with Crippen LogP contribution in [-0.4, -0.2) is 24.6 Å². The summed E-state index contributed by atoms with van der Waals surface area (Å²) in [6, 6.07) is 3.18. The molecule has 0 heterocycles. The standard InChI is InChI=1S/C12H11FN2O5/c1-3-20-12(16)8(6-14)7-4-11(19-2)9(13)5-10(7)15(17)18/h4-5,8H,3H2,1-2H3. The van der Waals surface area contributed by atoms with Gasteiger partial charge in [-0.05, 0) is 13.0 Å². The van der Waals surface area contributed by atoms with Crippen molar-refractivity contribution in [2.45, 2.75) is 12.8 Å². The Bertz CT molecular complexity index is 582. The number of ether oxygens (including phenoxy) is 2. The van der Waals surface area contributed by atoms with Crippen molar-refractivity contribution in [3.63, 3.8) is 0 Å². The molecule has 106 valence electrons. The molecule has 1 atom stereocenters. The molecule has 1 rings (SSSR count). The Hall–Kier alpha value is -2.69. The summed E-state index contributed by atoms with van der Waals surface area (Å²) in [6.07, 6.45) is 0. The summed E-state index contributed by atoms with van der Waals surface area (Å²) in [4.78, 5) is 21.7. The van der Waals surface area contributed by atoms with Crippen LogP contribution in [0.25, 0.3) is 0 Å². The Morgan fingerprint density at radius 2 is 2.25 bits per heavy atom. The van der Waals surface area contributed by atoms with Crippen LogP contribution in [0.4, 0.5) is 10.1 Å². The number of carbonyl (C=O) groups excluding carboxylic acids is 1. The number of nitro groups is 1. The fourth-order valence-corrected chi connectivity index (χ4v) is 1.58. The van der Waals surface area contributed by atoms with Crippen molar-refractivity contribution < 1.29 is 23.6 Å². The van der Waals surface area contributed by atoms with Crippen LogP contribution in [0.2, 0.25) is 0 Å². The Balaban J connectivity index is 3.43. The number of rotatable bonds is 5. The van der Waals surface area contributed by atoms with E-state index in [1.807, 2.05) is 0 Å². The van der Waals surface area contributed by atoms with E-state index < -0.39 is 28.3 Å². The summed E-state index contributed by atoms with van der Waals surface area (Å²) in [5.41, 5.74) is -0.947. The molecule has 1 aromatic carbocycles. The lowest BCUT2D eigenvalue weighted by molar-refractivity contribution is -0.385. The number of hydrogen-bond donors (Lipinski definition) is 0. The lowest BCUT2D eigenvalue weighted by atomic mass is 9.98. The summed E-state index contributed by atoms with van der Waals surface area (Å²) in [5, 5.41) is 19.9. The second kappa shape index (κ2) is 6.47. The van der Waals surface area contributed by atoms with E-state index in [1.165, 1.54) is 14.0 Å². The van der Waals surface area contributed by atoms with E-state index in [-0.39, 0.29) is 17.9 Å². The Morgan fingerprint density at radius 1 is 1.60 bits per heavy atom. The van der Waals surface area contributed by atoms with Gasteiger partial charge >= 0.3 is 5.97 Å². The number of nitrogens with zero attached hydrogens (tertiary/aromatic N) is 2. The van der Waals surface area contributed by atoms with Crippen molar-refractivity contribution in [3.8, 4) is 11.8 Å². The van der Waals surface area contributed by atoms with E-state index >= 15 is 0 Å². The number of esters is 1. The number of nitriles is 1. The monoisotopic (exact) mass is 282 g/mol. The number of halogens is 1. The molecule has 1 aromatic rings. The van der Waals surface area contributed by atoms with Crippen molar-refractivity contribution in [1.82, 2.24) is 0 Å². The van der Waals surface area contributed by atoms with E-state index in [2.05, 4.69) is 4.74 Å². The third-order valence-corrected chi connectivity index (χ3v) is 2.46. The SMILES string of the molecule is CCOC(=O)C(C#N)c1cc(OC)c(F)cc1[N+](=O)[O-]. The van der Waals surface area contributed by atoms with Gasteiger partial charge in [-0.15, -0.1) is 0 Å². The highest BCUT2D eigenvalue weighted by Gasteiger charge is 2.31. The Kier molecular flexibility index (Phi) is 4.97. The first-order valence-electron chi connectivity index (χ1n) is 5.54. The molecule has 0 saturated heterocycles. The quantitative estimate of drug-likeness (QED) is 0.464. The van der Waals surface area contributed by atoms with E-state index in [4.69, 9.17) is 10.00 Å². The van der Waals surface area contributed by atoms with Crippen LogP contribution in [0, 0.1) is 27.3 Å². The van der Waals surface area contributed by atoms with E-state index in [0.717, 1.165) is 6.07 Å². The first-order chi connectivity index (χ1) is 9.46. The average Bonchev–Trinajstić information content (AvgIpc) is 2.40. The molecule has 0 aliphatic heterocycles. The number of methoxy groups -OCH3 is 1. The van der Waals surface area contributed by atoms with Crippen molar-refractivity contribution in [3.05, 3.63) is 33.6 Å². The molecule has 0 bridgehead atoms. The summed E-state index contributed by atoms with van der Waals surface area (Å²) >= 11 is 0. The third-order valence-electron chi connectivity index (χ3n) is 2.46. The molecule has 0 aromatic heterocycles. The van der Waals surface area contributed by atoms with Gasteiger partial charge in [-0.25, -0.2) is 4.39 Å². The lowest BCUT2D eigenvalue weighted by Gasteiger charge is -2.11. The molecular weight excluding hydrogens is 271 g/mol. The third kappa shape index (κ3) is 3.00. The highest BCUT2D eigenvalue weighted by molar-refractivity contribution is 5.83. The van der Waals surface area contributed by atoms with Crippen molar-refractivity contribution in [2.75, 3.05) is 13.7 Å². The molecule has 8 heteroatoms. The highest BCUT2D eigenvalue weighted by Crippen LogP contribution is 2.33. The van der Waals surface area contributed by atoms with E-state index in [9.17, 15) is 19.3 Å². The van der Waals surface area contributed by atoms with E-state index in [0.29, 0.717) is 6.07 Å². The van der Waals surface area contributed by atoms with Gasteiger partial charge in [0.25, 0.3) is 5.69 Å². The van der Waals surface area contributed by atoms with Gasteiger partial charge in [0, 0.05) is 0 Å². The molecule has 0 saturated carbocycles. The molecule has 7 nitrogen and oxygen atoms in total. The van der Waals surface area contributed by atoms with E-state index in [1.54, 1.807) is 6.07 Å². The Morgan fingerprint density at radius 3 is 2.70 bits per heavy atom. The van der Waals surface area contributed by atoms with Gasteiger partial charge in [0.15, 0.2) is 17.5 Å². The second-order valence-corrected chi connectivity index (χ2v) is 3.62. The minimum atomic E-state index is -1.52. The first kappa shape index (κ1) is 15.4. The van der Waals surface area contributed by atoms with Crippen LogP contribution in [0.5, 0.6) is 5.75 Å². The molecule has 0 fully saturated rings.